The Balaban J connectivity index is 1.76. The van der Waals surface area contributed by atoms with Gasteiger partial charge in [0.2, 0.25) is 12.8 Å². The van der Waals surface area contributed by atoms with E-state index in [1.165, 1.54) is 11.0 Å². The van der Waals surface area contributed by atoms with Gasteiger partial charge in [-0.1, -0.05) is 18.2 Å². The number of nitrogens with one attached hydrogen (secondary N) is 1. The van der Waals surface area contributed by atoms with Crippen LogP contribution in [0, 0.1) is 5.82 Å². The molecule has 0 radical (unpaired) electrons. The third-order valence-corrected chi connectivity index (χ3v) is 5.87. The highest BCUT2D eigenvalue weighted by Crippen LogP contribution is 2.27. The third kappa shape index (κ3) is 5.01. The SMILES string of the molecule is CN[C@H]1CC[C@H](N(C=O)Cc2cc(-c3ccc(N(C)C=O)cc3)ccc2F)CC1. The molecule has 0 saturated heterocycles. The predicted molar refractivity (Wildman–Crippen MR) is 113 cm³/mol. The van der Waals surface area contributed by atoms with Gasteiger partial charge in [-0.3, -0.25) is 9.59 Å². The first-order valence-corrected chi connectivity index (χ1v) is 10.0. The Labute approximate surface area is 171 Å². The second-order valence-electron chi connectivity index (χ2n) is 7.64. The van der Waals surface area contributed by atoms with Gasteiger partial charge in [0, 0.05) is 36.9 Å². The van der Waals surface area contributed by atoms with Crippen LogP contribution in [0.15, 0.2) is 42.5 Å². The molecule has 1 aliphatic rings. The van der Waals surface area contributed by atoms with E-state index < -0.39 is 0 Å². The smallest absolute Gasteiger partial charge is 0.213 e. The van der Waals surface area contributed by atoms with Crippen LogP contribution in [-0.4, -0.2) is 43.9 Å². The van der Waals surface area contributed by atoms with E-state index in [0.29, 0.717) is 11.6 Å². The zero-order valence-electron chi connectivity index (χ0n) is 17.0. The third-order valence-electron chi connectivity index (χ3n) is 5.87. The summed E-state index contributed by atoms with van der Waals surface area (Å²) in [6, 6.07) is 13.2. The summed E-state index contributed by atoms with van der Waals surface area (Å²) in [6.07, 6.45) is 5.50. The quantitative estimate of drug-likeness (QED) is 0.693. The van der Waals surface area contributed by atoms with E-state index in [1.807, 2.05) is 37.4 Å². The lowest BCUT2D eigenvalue weighted by atomic mass is 9.90. The van der Waals surface area contributed by atoms with Crippen molar-refractivity contribution in [1.82, 2.24) is 10.2 Å². The van der Waals surface area contributed by atoms with Crippen molar-refractivity contribution in [3.63, 3.8) is 0 Å². The average Bonchev–Trinajstić information content (AvgIpc) is 2.78. The average molecular weight is 397 g/mol. The molecule has 1 N–H and O–H groups in total. The number of carbonyl (C=O) groups excluding carboxylic acids is 2. The van der Waals surface area contributed by atoms with Gasteiger partial charge in [-0.15, -0.1) is 0 Å². The number of benzene rings is 2. The van der Waals surface area contributed by atoms with Gasteiger partial charge >= 0.3 is 0 Å². The summed E-state index contributed by atoms with van der Waals surface area (Å²) in [6.45, 7) is 0.268. The van der Waals surface area contributed by atoms with E-state index in [9.17, 15) is 14.0 Å². The summed E-state index contributed by atoms with van der Waals surface area (Å²) < 4.78 is 14.5. The Morgan fingerprint density at radius 3 is 2.24 bits per heavy atom. The van der Waals surface area contributed by atoms with Crippen LogP contribution in [0.1, 0.15) is 31.2 Å². The fourth-order valence-electron chi connectivity index (χ4n) is 3.97. The number of nitrogens with zero attached hydrogens (tertiary/aromatic N) is 2. The molecule has 2 amide bonds. The molecule has 1 fully saturated rings. The molecule has 0 aromatic heterocycles. The minimum Gasteiger partial charge on any atom is -0.338 e. The molecule has 0 bridgehead atoms. The highest BCUT2D eigenvalue weighted by molar-refractivity contribution is 5.76. The number of carbonyl (C=O) groups is 2. The summed E-state index contributed by atoms with van der Waals surface area (Å²) in [5.74, 6) is -0.304. The van der Waals surface area contributed by atoms with E-state index >= 15 is 0 Å². The molecule has 3 rings (SSSR count). The number of anilines is 1. The van der Waals surface area contributed by atoms with Crippen LogP contribution in [0.25, 0.3) is 11.1 Å². The Morgan fingerprint density at radius 2 is 1.66 bits per heavy atom. The molecule has 2 aromatic carbocycles. The van der Waals surface area contributed by atoms with Crippen LogP contribution in [0.2, 0.25) is 0 Å². The molecule has 154 valence electrons. The van der Waals surface area contributed by atoms with Crippen LogP contribution in [0.5, 0.6) is 0 Å². The molecule has 5 nitrogen and oxygen atoms in total. The highest BCUT2D eigenvalue weighted by atomic mass is 19.1. The van der Waals surface area contributed by atoms with Gasteiger partial charge in [0.1, 0.15) is 5.82 Å². The predicted octanol–water partition coefficient (Wildman–Crippen LogP) is 3.57. The molecule has 2 aromatic rings. The lowest BCUT2D eigenvalue weighted by Gasteiger charge is -2.34. The topological polar surface area (TPSA) is 52.7 Å². The van der Waals surface area contributed by atoms with Crippen LogP contribution in [-0.2, 0) is 16.1 Å². The van der Waals surface area contributed by atoms with Gasteiger partial charge in [-0.05, 0) is 68.1 Å². The van der Waals surface area contributed by atoms with Gasteiger partial charge < -0.3 is 15.1 Å². The summed E-state index contributed by atoms with van der Waals surface area (Å²) in [7, 11) is 3.66. The lowest BCUT2D eigenvalue weighted by Crippen LogP contribution is -2.40. The lowest BCUT2D eigenvalue weighted by molar-refractivity contribution is -0.121. The maximum atomic E-state index is 14.5. The molecular formula is C23H28FN3O2. The Bertz CT molecular complexity index is 833. The molecule has 0 heterocycles. The van der Waals surface area contributed by atoms with E-state index in [1.54, 1.807) is 18.0 Å². The number of hydrogen-bond acceptors (Lipinski definition) is 3. The first-order chi connectivity index (χ1) is 14.0. The molecular weight excluding hydrogens is 369 g/mol. The van der Waals surface area contributed by atoms with Gasteiger partial charge in [-0.2, -0.15) is 0 Å². The van der Waals surface area contributed by atoms with Crippen molar-refractivity contribution in [2.24, 2.45) is 0 Å². The van der Waals surface area contributed by atoms with Crippen molar-refractivity contribution in [2.75, 3.05) is 19.0 Å². The van der Waals surface area contributed by atoms with Crippen LogP contribution in [0.4, 0.5) is 10.1 Å². The maximum absolute atomic E-state index is 14.5. The first-order valence-electron chi connectivity index (χ1n) is 10.0. The monoisotopic (exact) mass is 397 g/mol. The maximum Gasteiger partial charge on any atom is 0.213 e. The molecule has 0 spiro atoms. The minimum absolute atomic E-state index is 0.151. The van der Waals surface area contributed by atoms with Crippen molar-refractivity contribution in [2.45, 2.75) is 44.3 Å². The summed E-state index contributed by atoms with van der Waals surface area (Å²) in [4.78, 5) is 25.8. The second-order valence-corrected chi connectivity index (χ2v) is 7.64. The van der Waals surface area contributed by atoms with Crippen LogP contribution >= 0.6 is 0 Å². The van der Waals surface area contributed by atoms with Crippen molar-refractivity contribution in [1.29, 1.82) is 0 Å². The first kappa shape index (κ1) is 21.0. The second kappa shape index (κ2) is 9.65. The van der Waals surface area contributed by atoms with Crippen LogP contribution in [0.3, 0.4) is 0 Å². The fraction of sp³-hybridized carbons (Fsp3) is 0.391. The van der Waals surface area contributed by atoms with Gasteiger partial charge in [0.25, 0.3) is 0 Å². The van der Waals surface area contributed by atoms with Crippen LogP contribution < -0.4 is 10.2 Å². The van der Waals surface area contributed by atoms with E-state index in [4.69, 9.17) is 0 Å². The summed E-state index contributed by atoms with van der Waals surface area (Å²) in [5, 5.41) is 3.29. The van der Waals surface area contributed by atoms with E-state index in [2.05, 4.69) is 5.32 Å². The van der Waals surface area contributed by atoms with Crippen molar-refractivity contribution >= 4 is 18.5 Å². The standard InChI is InChI=1S/C23H28FN3O2/c1-25-20-6-10-22(11-7-20)27(16-29)14-19-13-18(5-12-23(19)24)17-3-8-21(9-4-17)26(2)15-28/h3-5,8-9,12-13,15-16,20,22,25H,6-7,10-11,14H2,1-2H3/t20-,22-. The zero-order chi connectivity index (χ0) is 20.8. The van der Waals surface area contributed by atoms with E-state index in [0.717, 1.165) is 55.3 Å². The number of amides is 2. The van der Waals surface area contributed by atoms with Crippen molar-refractivity contribution < 1.29 is 14.0 Å². The molecule has 29 heavy (non-hydrogen) atoms. The summed E-state index contributed by atoms with van der Waals surface area (Å²) in [5.41, 5.74) is 3.11. The Morgan fingerprint density at radius 1 is 1.00 bits per heavy atom. The fourth-order valence-corrected chi connectivity index (χ4v) is 3.97. The van der Waals surface area contributed by atoms with Crippen molar-refractivity contribution in [3.05, 3.63) is 53.8 Å². The van der Waals surface area contributed by atoms with Gasteiger partial charge in [0.05, 0.1) is 0 Å². The van der Waals surface area contributed by atoms with E-state index in [-0.39, 0.29) is 18.4 Å². The molecule has 1 saturated carbocycles. The molecule has 1 aliphatic carbocycles. The zero-order valence-corrected chi connectivity index (χ0v) is 17.0. The number of hydrogen-bond donors (Lipinski definition) is 1. The van der Waals surface area contributed by atoms with Crippen molar-refractivity contribution in [3.8, 4) is 11.1 Å². The van der Waals surface area contributed by atoms with Gasteiger partial charge in [-0.25, -0.2) is 4.39 Å². The molecule has 0 aliphatic heterocycles. The Kier molecular flexibility index (Phi) is 6.99. The summed E-state index contributed by atoms with van der Waals surface area (Å²) >= 11 is 0. The highest BCUT2D eigenvalue weighted by Gasteiger charge is 2.25. The number of halogens is 1. The van der Waals surface area contributed by atoms with Gasteiger partial charge in [0.15, 0.2) is 0 Å². The molecule has 0 atom stereocenters. The normalized spacial score (nSPS) is 18.9. The molecule has 0 unspecified atom stereocenters. The molecule has 6 heteroatoms. The largest absolute Gasteiger partial charge is 0.338 e. The minimum atomic E-state index is -0.304. The Hall–Kier alpha value is -2.73. The number of rotatable bonds is 8.